The van der Waals surface area contributed by atoms with Gasteiger partial charge in [-0.15, -0.1) is 11.3 Å². The van der Waals surface area contributed by atoms with Crippen LogP contribution in [0.1, 0.15) is 49.8 Å². The average molecular weight is 395 g/mol. The van der Waals surface area contributed by atoms with Gasteiger partial charge in [-0.05, 0) is 37.3 Å². The molecule has 0 saturated heterocycles. The molecule has 0 aliphatic heterocycles. The number of aryl methyl sites for hydroxylation is 2. The van der Waals surface area contributed by atoms with Gasteiger partial charge < -0.3 is 11.5 Å². The van der Waals surface area contributed by atoms with Gasteiger partial charge in [0.15, 0.2) is 5.78 Å². The molecule has 28 heavy (non-hydrogen) atoms. The van der Waals surface area contributed by atoms with E-state index in [1.807, 2.05) is 37.3 Å². The summed E-state index contributed by atoms with van der Waals surface area (Å²) in [7, 11) is 0. The number of ketones is 1. The molecule has 2 aromatic heterocycles. The molecule has 0 spiro atoms. The van der Waals surface area contributed by atoms with E-state index in [2.05, 4.69) is 10.1 Å². The van der Waals surface area contributed by atoms with Crippen LogP contribution in [-0.2, 0) is 18.4 Å². The molecule has 144 valence electrons. The number of benzene rings is 1. The first-order valence-electron chi connectivity index (χ1n) is 9.10. The first kappa shape index (κ1) is 18.4. The molecule has 7 nitrogen and oxygen atoms in total. The number of hydrogen-bond acceptors (Lipinski definition) is 6. The standard InChI is InChI=1S/C20H21N5O2S/c1-12-23-11-25(24-12)10-9-20(13-5-3-2-4-6-13)8-7-14-15(18(21)27)19(22)28-16(14)17(20)26/h2-6,11H,7-10,22H2,1H3,(H2,21,27). The van der Waals surface area contributed by atoms with Crippen molar-refractivity contribution < 1.29 is 9.59 Å². The molecule has 1 unspecified atom stereocenters. The molecule has 0 fully saturated rings. The van der Waals surface area contributed by atoms with Crippen LogP contribution in [0.4, 0.5) is 5.00 Å². The summed E-state index contributed by atoms with van der Waals surface area (Å²) in [5, 5.41) is 4.67. The number of carbonyl (C=O) groups excluding carboxylic acids is 2. The van der Waals surface area contributed by atoms with Gasteiger partial charge in [0, 0.05) is 6.54 Å². The zero-order valence-corrected chi connectivity index (χ0v) is 16.3. The van der Waals surface area contributed by atoms with Crippen LogP contribution in [0.25, 0.3) is 0 Å². The molecular formula is C20H21N5O2S. The summed E-state index contributed by atoms with van der Waals surface area (Å²) in [6.07, 6.45) is 3.44. The van der Waals surface area contributed by atoms with E-state index < -0.39 is 11.3 Å². The highest BCUT2D eigenvalue weighted by Gasteiger charge is 2.46. The number of primary amides is 1. The van der Waals surface area contributed by atoms with Crippen LogP contribution in [0, 0.1) is 6.92 Å². The summed E-state index contributed by atoms with van der Waals surface area (Å²) >= 11 is 1.17. The Kier molecular flexibility index (Phi) is 4.50. The van der Waals surface area contributed by atoms with Crippen molar-refractivity contribution in [2.75, 3.05) is 5.73 Å². The van der Waals surface area contributed by atoms with Crippen molar-refractivity contribution in [3.8, 4) is 0 Å². The number of anilines is 1. The Labute approximate surface area is 166 Å². The lowest BCUT2D eigenvalue weighted by molar-refractivity contribution is 0.0848. The third-order valence-electron chi connectivity index (χ3n) is 5.47. The van der Waals surface area contributed by atoms with Crippen molar-refractivity contribution in [1.29, 1.82) is 0 Å². The van der Waals surface area contributed by atoms with E-state index in [9.17, 15) is 9.59 Å². The lowest BCUT2D eigenvalue weighted by atomic mass is 9.66. The lowest BCUT2D eigenvalue weighted by Gasteiger charge is -2.36. The maximum atomic E-state index is 13.7. The Morgan fingerprint density at radius 3 is 2.71 bits per heavy atom. The first-order valence-corrected chi connectivity index (χ1v) is 9.91. The fourth-order valence-electron chi connectivity index (χ4n) is 4.06. The molecule has 1 aliphatic rings. The third kappa shape index (κ3) is 2.90. The van der Waals surface area contributed by atoms with Crippen molar-refractivity contribution in [1.82, 2.24) is 14.8 Å². The summed E-state index contributed by atoms with van der Waals surface area (Å²) in [6, 6.07) is 9.79. The van der Waals surface area contributed by atoms with Gasteiger partial charge >= 0.3 is 0 Å². The summed E-state index contributed by atoms with van der Waals surface area (Å²) in [5.74, 6) is 0.122. The van der Waals surface area contributed by atoms with Crippen molar-refractivity contribution in [3.05, 3.63) is 64.1 Å². The van der Waals surface area contributed by atoms with Gasteiger partial charge in [-0.2, -0.15) is 5.10 Å². The van der Waals surface area contributed by atoms with Gasteiger partial charge in [0.25, 0.3) is 5.91 Å². The number of Topliss-reactive ketones (excluding diaryl/α,β-unsaturated/α-hetero) is 1. The second kappa shape index (κ2) is 6.87. The topological polar surface area (TPSA) is 117 Å². The second-order valence-corrected chi connectivity index (χ2v) is 8.15. The Balaban J connectivity index is 1.77. The Bertz CT molecular complexity index is 1060. The fraction of sp³-hybridized carbons (Fsp3) is 0.300. The van der Waals surface area contributed by atoms with Crippen LogP contribution < -0.4 is 11.5 Å². The highest BCUT2D eigenvalue weighted by Crippen LogP contribution is 2.46. The smallest absolute Gasteiger partial charge is 0.251 e. The minimum absolute atomic E-state index is 0.000914. The van der Waals surface area contributed by atoms with E-state index in [1.165, 1.54) is 11.3 Å². The molecule has 1 atom stereocenters. The summed E-state index contributed by atoms with van der Waals surface area (Å²) in [4.78, 5) is 30.3. The summed E-state index contributed by atoms with van der Waals surface area (Å²) in [5.41, 5.74) is 12.8. The number of aromatic nitrogens is 3. The molecule has 0 radical (unpaired) electrons. The third-order valence-corrected chi connectivity index (χ3v) is 6.53. The van der Waals surface area contributed by atoms with Gasteiger partial charge in [-0.25, -0.2) is 4.98 Å². The first-order chi connectivity index (χ1) is 13.4. The molecule has 1 aliphatic carbocycles. The average Bonchev–Trinajstić information content (AvgIpc) is 3.25. The van der Waals surface area contributed by atoms with Gasteiger partial charge in [-0.3, -0.25) is 14.3 Å². The molecular weight excluding hydrogens is 374 g/mol. The molecule has 3 aromatic rings. The SMILES string of the molecule is Cc1ncn(CCC2(c3ccccc3)CCc3c(sc(N)c3C(N)=O)C2=O)n1. The molecule has 4 N–H and O–H groups in total. The zero-order chi connectivity index (χ0) is 19.9. The van der Waals surface area contributed by atoms with Crippen LogP contribution in [0.15, 0.2) is 36.7 Å². The highest BCUT2D eigenvalue weighted by atomic mass is 32.1. The summed E-state index contributed by atoms with van der Waals surface area (Å²) in [6.45, 7) is 2.40. The van der Waals surface area contributed by atoms with E-state index in [1.54, 1.807) is 11.0 Å². The maximum absolute atomic E-state index is 13.7. The van der Waals surface area contributed by atoms with Crippen molar-refractivity contribution >= 4 is 28.0 Å². The van der Waals surface area contributed by atoms with Gasteiger partial charge in [0.05, 0.1) is 20.9 Å². The predicted octanol–water partition coefficient (Wildman–Crippen LogP) is 2.49. The molecule has 2 heterocycles. The van der Waals surface area contributed by atoms with E-state index in [-0.39, 0.29) is 5.78 Å². The van der Waals surface area contributed by atoms with Crippen molar-refractivity contribution in [2.24, 2.45) is 5.73 Å². The Morgan fingerprint density at radius 1 is 1.32 bits per heavy atom. The van der Waals surface area contributed by atoms with Crippen LogP contribution in [0.2, 0.25) is 0 Å². The Hall–Kier alpha value is -3.00. The van der Waals surface area contributed by atoms with E-state index >= 15 is 0 Å². The second-order valence-electron chi connectivity index (χ2n) is 7.10. The number of nitrogens with two attached hydrogens (primary N) is 2. The minimum atomic E-state index is -0.694. The van der Waals surface area contributed by atoms with Crippen molar-refractivity contribution in [3.63, 3.8) is 0 Å². The molecule has 4 rings (SSSR count). The normalized spacial score (nSPS) is 18.8. The predicted molar refractivity (Wildman–Crippen MR) is 107 cm³/mol. The van der Waals surface area contributed by atoms with Gasteiger partial charge in [0.1, 0.15) is 12.2 Å². The van der Waals surface area contributed by atoms with Crippen LogP contribution in [0.3, 0.4) is 0 Å². The number of amides is 1. The van der Waals surface area contributed by atoms with Crippen LogP contribution >= 0.6 is 11.3 Å². The number of hydrogen-bond donors (Lipinski definition) is 2. The molecule has 8 heteroatoms. The van der Waals surface area contributed by atoms with Crippen LogP contribution in [0.5, 0.6) is 0 Å². The van der Waals surface area contributed by atoms with Gasteiger partial charge in [-0.1, -0.05) is 30.3 Å². The fourth-order valence-corrected chi connectivity index (χ4v) is 5.22. The van der Waals surface area contributed by atoms with Crippen molar-refractivity contribution in [2.45, 2.75) is 38.1 Å². The lowest BCUT2D eigenvalue weighted by Crippen LogP contribution is -2.41. The largest absolute Gasteiger partial charge is 0.390 e. The zero-order valence-electron chi connectivity index (χ0n) is 15.5. The number of thiophene rings is 1. The molecule has 1 amide bonds. The van der Waals surface area contributed by atoms with E-state index in [0.717, 1.165) is 5.56 Å². The molecule has 1 aromatic carbocycles. The number of rotatable bonds is 5. The number of fused-ring (bicyclic) bond motifs is 1. The quantitative estimate of drug-likeness (QED) is 0.688. The highest BCUT2D eigenvalue weighted by molar-refractivity contribution is 7.18. The van der Waals surface area contributed by atoms with E-state index in [4.69, 9.17) is 11.5 Å². The Morgan fingerprint density at radius 2 is 2.07 bits per heavy atom. The van der Waals surface area contributed by atoms with E-state index in [0.29, 0.717) is 52.6 Å². The number of carbonyl (C=O) groups is 2. The number of nitrogen functional groups attached to an aromatic ring is 1. The molecule has 0 saturated carbocycles. The minimum Gasteiger partial charge on any atom is -0.390 e. The summed E-state index contributed by atoms with van der Waals surface area (Å²) < 4.78 is 1.76. The van der Waals surface area contributed by atoms with Gasteiger partial charge in [0.2, 0.25) is 0 Å². The monoisotopic (exact) mass is 395 g/mol. The number of nitrogens with zero attached hydrogens (tertiary/aromatic N) is 3. The van der Waals surface area contributed by atoms with Crippen LogP contribution in [-0.4, -0.2) is 26.5 Å². The molecule has 0 bridgehead atoms. The maximum Gasteiger partial charge on any atom is 0.251 e.